The molecule has 0 spiro atoms. The number of carbonyl (C=O) groups is 1. The smallest absolute Gasteiger partial charge is 0.280 e. The third-order valence-electron chi connectivity index (χ3n) is 2.61. The van der Waals surface area contributed by atoms with E-state index >= 15 is 0 Å². The number of nitro groups is 1. The van der Waals surface area contributed by atoms with Crippen LogP contribution in [0.5, 0.6) is 0 Å². The summed E-state index contributed by atoms with van der Waals surface area (Å²) in [6.07, 6.45) is 0.172. The number of Topliss-reactive ketones (excluding diaryl/α,β-unsaturated/α-hetero) is 1. The van der Waals surface area contributed by atoms with Crippen molar-refractivity contribution < 1.29 is 9.72 Å². The number of para-hydroxylation sites is 1. The SMILES string of the molecule is O=C(Cc1ccccc1)c1ccccc1[N+](=O)[O-]. The molecular weight excluding hydrogens is 230 g/mol. The molecule has 0 aliphatic rings. The Morgan fingerprint density at radius 3 is 2.28 bits per heavy atom. The molecular formula is C14H11NO3. The van der Waals surface area contributed by atoms with Crippen LogP contribution in [0, 0.1) is 10.1 Å². The summed E-state index contributed by atoms with van der Waals surface area (Å²) < 4.78 is 0. The Hall–Kier alpha value is -2.49. The van der Waals surface area contributed by atoms with Crippen LogP contribution in [0.2, 0.25) is 0 Å². The number of ketones is 1. The maximum absolute atomic E-state index is 12.0. The Labute approximate surface area is 104 Å². The van der Waals surface area contributed by atoms with Gasteiger partial charge >= 0.3 is 0 Å². The lowest BCUT2D eigenvalue weighted by molar-refractivity contribution is -0.385. The van der Waals surface area contributed by atoms with E-state index in [1.54, 1.807) is 12.1 Å². The average Bonchev–Trinajstić information content (AvgIpc) is 2.40. The normalized spacial score (nSPS) is 10.0. The number of benzene rings is 2. The Bertz CT molecular complexity index is 579. The molecule has 0 amide bonds. The predicted octanol–water partition coefficient (Wildman–Crippen LogP) is 3.02. The first-order chi connectivity index (χ1) is 8.68. The molecule has 0 atom stereocenters. The van der Waals surface area contributed by atoms with Gasteiger partial charge in [0.2, 0.25) is 0 Å². The number of rotatable bonds is 4. The number of carbonyl (C=O) groups excluding carboxylic acids is 1. The minimum atomic E-state index is -0.530. The number of hydrogen-bond donors (Lipinski definition) is 0. The van der Waals surface area contributed by atoms with Crippen molar-refractivity contribution in [3.8, 4) is 0 Å². The fourth-order valence-electron chi connectivity index (χ4n) is 1.75. The zero-order valence-corrected chi connectivity index (χ0v) is 9.58. The molecule has 0 heterocycles. The van der Waals surface area contributed by atoms with Crippen LogP contribution in [0.4, 0.5) is 5.69 Å². The molecule has 90 valence electrons. The van der Waals surface area contributed by atoms with Crippen LogP contribution in [-0.2, 0) is 6.42 Å². The molecule has 0 aromatic heterocycles. The van der Waals surface area contributed by atoms with Gasteiger partial charge in [-0.15, -0.1) is 0 Å². The van der Waals surface area contributed by atoms with Gasteiger partial charge in [0, 0.05) is 12.5 Å². The summed E-state index contributed by atoms with van der Waals surface area (Å²) >= 11 is 0. The van der Waals surface area contributed by atoms with Crippen LogP contribution in [0.25, 0.3) is 0 Å². The van der Waals surface area contributed by atoms with E-state index < -0.39 is 4.92 Å². The van der Waals surface area contributed by atoms with Crippen LogP contribution in [0.1, 0.15) is 15.9 Å². The van der Waals surface area contributed by atoms with Gasteiger partial charge in [-0.2, -0.15) is 0 Å². The zero-order chi connectivity index (χ0) is 13.0. The molecule has 2 rings (SSSR count). The quantitative estimate of drug-likeness (QED) is 0.469. The lowest BCUT2D eigenvalue weighted by Crippen LogP contribution is -2.06. The van der Waals surface area contributed by atoms with Crippen LogP contribution in [0.15, 0.2) is 54.6 Å². The molecule has 18 heavy (non-hydrogen) atoms. The molecule has 0 aliphatic carbocycles. The first-order valence-electron chi connectivity index (χ1n) is 5.49. The fourth-order valence-corrected chi connectivity index (χ4v) is 1.75. The van der Waals surface area contributed by atoms with Gasteiger partial charge in [-0.3, -0.25) is 14.9 Å². The van der Waals surface area contributed by atoms with Crippen molar-refractivity contribution in [3.63, 3.8) is 0 Å². The van der Waals surface area contributed by atoms with E-state index in [0.29, 0.717) is 0 Å². The second-order valence-corrected chi connectivity index (χ2v) is 3.86. The van der Waals surface area contributed by atoms with Crippen molar-refractivity contribution >= 4 is 11.5 Å². The van der Waals surface area contributed by atoms with Gasteiger partial charge in [0.1, 0.15) is 0 Å². The van der Waals surface area contributed by atoms with E-state index in [1.807, 2.05) is 30.3 Å². The first-order valence-corrected chi connectivity index (χ1v) is 5.49. The molecule has 4 nitrogen and oxygen atoms in total. The van der Waals surface area contributed by atoms with Crippen LogP contribution in [-0.4, -0.2) is 10.7 Å². The average molecular weight is 241 g/mol. The largest absolute Gasteiger partial charge is 0.294 e. The van der Waals surface area contributed by atoms with Gasteiger partial charge in [0.15, 0.2) is 5.78 Å². The monoisotopic (exact) mass is 241 g/mol. The molecule has 0 aliphatic heterocycles. The minimum Gasteiger partial charge on any atom is -0.294 e. The molecule has 2 aromatic rings. The van der Waals surface area contributed by atoms with Gasteiger partial charge in [-0.1, -0.05) is 42.5 Å². The van der Waals surface area contributed by atoms with Gasteiger partial charge in [-0.05, 0) is 11.6 Å². The molecule has 0 bridgehead atoms. The summed E-state index contributed by atoms with van der Waals surface area (Å²) in [5, 5.41) is 10.8. The summed E-state index contributed by atoms with van der Waals surface area (Å²) in [6, 6.07) is 15.2. The topological polar surface area (TPSA) is 60.2 Å². The molecule has 2 aromatic carbocycles. The maximum Gasteiger partial charge on any atom is 0.280 e. The van der Waals surface area contributed by atoms with Gasteiger partial charge in [-0.25, -0.2) is 0 Å². The van der Waals surface area contributed by atoms with Gasteiger partial charge < -0.3 is 0 Å². The van der Waals surface area contributed by atoms with Crippen LogP contribution < -0.4 is 0 Å². The summed E-state index contributed by atoms with van der Waals surface area (Å²) in [5.74, 6) is -0.242. The van der Waals surface area contributed by atoms with Gasteiger partial charge in [0.05, 0.1) is 10.5 Å². The van der Waals surface area contributed by atoms with E-state index in [1.165, 1.54) is 12.1 Å². The molecule has 0 radical (unpaired) electrons. The summed E-state index contributed by atoms with van der Waals surface area (Å²) in [6.45, 7) is 0. The number of nitrogens with zero attached hydrogens (tertiary/aromatic N) is 1. The minimum absolute atomic E-state index is 0.140. The third kappa shape index (κ3) is 2.60. The van der Waals surface area contributed by atoms with E-state index in [9.17, 15) is 14.9 Å². The van der Waals surface area contributed by atoms with Crippen molar-refractivity contribution in [1.82, 2.24) is 0 Å². The van der Waals surface area contributed by atoms with E-state index in [-0.39, 0.29) is 23.5 Å². The number of nitro benzene ring substituents is 1. The fraction of sp³-hybridized carbons (Fsp3) is 0.0714. The van der Waals surface area contributed by atoms with E-state index in [4.69, 9.17) is 0 Å². The highest BCUT2D eigenvalue weighted by atomic mass is 16.6. The standard InChI is InChI=1S/C14H11NO3/c16-14(10-11-6-2-1-3-7-11)12-8-4-5-9-13(12)15(17)18/h1-9H,10H2. The predicted molar refractivity (Wildman–Crippen MR) is 67.6 cm³/mol. The Balaban J connectivity index is 2.27. The highest BCUT2D eigenvalue weighted by Gasteiger charge is 2.18. The van der Waals surface area contributed by atoms with Crippen molar-refractivity contribution in [2.45, 2.75) is 6.42 Å². The molecule has 0 N–H and O–H groups in total. The molecule has 4 heteroatoms. The molecule has 0 saturated carbocycles. The Kier molecular flexibility index (Phi) is 3.48. The Morgan fingerprint density at radius 1 is 1.00 bits per heavy atom. The summed E-state index contributed by atoms with van der Waals surface area (Å²) in [5.41, 5.74) is 0.866. The van der Waals surface area contributed by atoms with E-state index in [0.717, 1.165) is 5.56 Å². The zero-order valence-electron chi connectivity index (χ0n) is 9.58. The molecule has 0 saturated heterocycles. The lowest BCUT2D eigenvalue weighted by Gasteiger charge is -2.02. The van der Waals surface area contributed by atoms with Crippen molar-refractivity contribution in [2.75, 3.05) is 0 Å². The van der Waals surface area contributed by atoms with Crippen molar-refractivity contribution in [3.05, 3.63) is 75.8 Å². The van der Waals surface area contributed by atoms with Crippen molar-refractivity contribution in [1.29, 1.82) is 0 Å². The number of hydrogen-bond acceptors (Lipinski definition) is 3. The second-order valence-electron chi connectivity index (χ2n) is 3.86. The van der Waals surface area contributed by atoms with Crippen LogP contribution in [0.3, 0.4) is 0 Å². The van der Waals surface area contributed by atoms with Crippen molar-refractivity contribution in [2.24, 2.45) is 0 Å². The Morgan fingerprint density at radius 2 is 1.61 bits per heavy atom. The third-order valence-corrected chi connectivity index (χ3v) is 2.61. The summed E-state index contributed by atoms with van der Waals surface area (Å²) in [4.78, 5) is 22.3. The van der Waals surface area contributed by atoms with Gasteiger partial charge in [0.25, 0.3) is 5.69 Å². The molecule has 0 unspecified atom stereocenters. The van der Waals surface area contributed by atoms with Crippen LogP contribution >= 0.6 is 0 Å². The summed E-state index contributed by atoms with van der Waals surface area (Å²) in [7, 11) is 0. The molecule has 0 fully saturated rings. The lowest BCUT2D eigenvalue weighted by atomic mass is 10.0. The highest BCUT2D eigenvalue weighted by molar-refractivity contribution is 6.01. The second kappa shape index (κ2) is 5.23. The maximum atomic E-state index is 12.0. The first kappa shape index (κ1) is 12.0. The highest BCUT2D eigenvalue weighted by Crippen LogP contribution is 2.19. The van der Waals surface area contributed by atoms with E-state index in [2.05, 4.69) is 0 Å².